The number of nitrogens with one attached hydrogen (secondary N) is 2. The lowest BCUT2D eigenvalue weighted by molar-refractivity contribution is 0.0897. The predicted molar refractivity (Wildman–Crippen MR) is 110 cm³/mol. The molecule has 3 N–H and O–H groups in total. The summed E-state index contributed by atoms with van der Waals surface area (Å²) in [6, 6.07) is 8.93. The number of aliphatic hydroxyl groups excluding tert-OH is 1. The number of carbonyl (C=O) groups is 1. The number of fused-ring (bicyclic) bond motifs is 1. The molecule has 0 saturated heterocycles. The normalized spacial score (nSPS) is 12.9. The Balaban J connectivity index is 1.82. The van der Waals surface area contributed by atoms with Crippen molar-refractivity contribution in [2.24, 2.45) is 5.92 Å². The van der Waals surface area contributed by atoms with Gasteiger partial charge in [0.1, 0.15) is 5.82 Å². The first-order valence-corrected chi connectivity index (χ1v) is 11.1. The van der Waals surface area contributed by atoms with Gasteiger partial charge in [0.15, 0.2) is 5.13 Å². The number of hydrogen-bond donors (Lipinski definition) is 3. The van der Waals surface area contributed by atoms with Gasteiger partial charge in [0.25, 0.3) is 15.9 Å². The highest BCUT2D eigenvalue weighted by Gasteiger charge is 2.19. The number of amides is 1. The number of carbonyl (C=O) groups excluding carboxylic acids is 1. The Morgan fingerprint density at radius 2 is 1.90 bits per heavy atom. The first-order valence-electron chi connectivity index (χ1n) is 8.80. The standard InChI is InChI=1S/C19H20FN3O4S2/c1-11(2)16(10-24)21-18(25)12-3-8-15-17(9-12)28-19(22-15)23-29(26,27)14-6-4-13(20)5-7-14/h3-9,11,16,24H,10H2,1-2H3,(H,21,25)(H,22,23)/t16-/m1/s1. The molecule has 0 aliphatic heterocycles. The fourth-order valence-corrected chi connectivity index (χ4v) is 4.71. The number of thiazole rings is 1. The minimum absolute atomic E-state index is 0.0727. The van der Waals surface area contributed by atoms with Crippen LogP contribution in [0.4, 0.5) is 9.52 Å². The van der Waals surface area contributed by atoms with Gasteiger partial charge in [-0.25, -0.2) is 17.8 Å². The van der Waals surface area contributed by atoms with E-state index in [0.717, 1.165) is 23.5 Å². The molecule has 0 unspecified atom stereocenters. The minimum Gasteiger partial charge on any atom is -0.394 e. The van der Waals surface area contributed by atoms with Crippen molar-refractivity contribution >= 4 is 42.6 Å². The summed E-state index contributed by atoms with van der Waals surface area (Å²) in [7, 11) is -3.91. The average molecular weight is 438 g/mol. The van der Waals surface area contributed by atoms with Gasteiger partial charge in [0.2, 0.25) is 0 Å². The van der Waals surface area contributed by atoms with Gasteiger partial charge in [0.05, 0.1) is 27.8 Å². The first kappa shape index (κ1) is 21.2. The van der Waals surface area contributed by atoms with Gasteiger partial charge >= 0.3 is 0 Å². The molecule has 0 aliphatic carbocycles. The zero-order valence-corrected chi connectivity index (χ0v) is 17.3. The SMILES string of the molecule is CC(C)[C@@H](CO)NC(=O)c1ccc2nc(NS(=O)(=O)c3ccc(F)cc3)sc2c1. The first-order chi connectivity index (χ1) is 13.7. The van der Waals surface area contributed by atoms with Crippen LogP contribution >= 0.6 is 11.3 Å². The van der Waals surface area contributed by atoms with Gasteiger partial charge in [-0.2, -0.15) is 0 Å². The lowest BCUT2D eigenvalue weighted by Crippen LogP contribution is -2.41. The Hall–Kier alpha value is -2.56. The number of anilines is 1. The fraction of sp³-hybridized carbons (Fsp3) is 0.263. The van der Waals surface area contributed by atoms with E-state index in [-0.39, 0.29) is 34.5 Å². The highest BCUT2D eigenvalue weighted by molar-refractivity contribution is 7.93. The van der Waals surface area contributed by atoms with Crippen LogP contribution in [0.5, 0.6) is 0 Å². The van der Waals surface area contributed by atoms with Crippen LogP contribution in [0.2, 0.25) is 0 Å². The minimum atomic E-state index is -3.91. The molecule has 0 spiro atoms. The van der Waals surface area contributed by atoms with Crippen molar-refractivity contribution in [3.8, 4) is 0 Å². The van der Waals surface area contributed by atoms with Crippen molar-refractivity contribution < 1.29 is 22.7 Å². The predicted octanol–water partition coefficient (Wildman–Crippen LogP) is 2.98. The zero-order chi connectivity index (χ0) is 21.2. The smallest absolute Gasteiger partial charge is 0.263 e. The van der Waals surface area contributed by atoms with E-state index < -0.39 is 15.8 Å². The summed E-state index contributed by atoms with van der Waals surface area (Å²) in [5, 5.41) is 12.3. The second-order valence-electron chi connectivity index (χ2n) is 6.77. The van der Waals surface area contributed by atoms with Crippen molar-refractivity contribution in [1.29, 1.82) is 0 Å². The van der Waals surface area contributed by atoms with Gasteiger partial charge in [-0.15, -0.1) is 0 Å². The molecule has 154 valence electrons. The number of aromatic nitrogens is 1. The van der Waals surface area contributed by atoms with E-state index in [1.807, 2.05) is 13.8 Å². The number of halogens is 1. The van der Waals surface area contributed by atoms with Crippen LogP contribution in [0.15, 0.2) is 47.4 Å². The number of rotatable bonds is 7. The molecule has 1 aromatic heterocycles. The van der Waals surface area contributed by atoms with Gasteiger partial charge in [-0.05, 0) is 48.4 Å². The largest absolute Gasteiger partial charge is 0.394 e. The molecular formula is C19H20FN3O4S2. The van der Waals surface area contributed by atoms with Crippen LogP contribution in [-0.2, 0) is 10.0 Å². The Morgan fingerprint density at radius 3 is 2.52 bits per heavy atom. The second kappa shape index (κ2) is 8.44. The van der Waals surface area contributed by atoms with Gasteiger partial charge < -0.3 is 10.4 Å². The average Bonchev–Trinajstić information content (AvgIpc) is 3.06. The van der Waals surface area contributed by atoms with E-state index in [4.69, 9.17) is 0 Å². The molecule has 0 saturated carbocycles. The van der Waals surface area contributed by atoms with Crippen LogP contribution < -0.4 is 10.0 Å². The number of sulfonamides is 1. The Kier molecular flexibility index (Phi) is 6.15. The van der Waals surface area contributed by atoms with Crippen molar-refractivity contribution in [1.82, 2.24) is 10.3 Å². The number of hydrogen-bond acceptors (Lipinski definition) is 6. The van der Waals surface area contributed by atoms with E-state index in [1.54, 1.807) is 18.2 Å². The molecule has 7 nitrogen and oxygen atoms in total. The molecule has 0 aliphatic rings. The third-order valence-corrected chi connectivity index (χ3v) is 6.73. The molecule has 2 aromatic carbocycles. The third-order valence-electron chi connectivity index (χ3n) is 4.31. The van der Waals surface area contributed by atoms with Crippen LogP contribution in [0.25, 0.3) is 10.2 Å². The quantitative estimate of drug-likeness (QED) is 0.527. The van der Waals surface area contributed by atoms with Crippen LogP contribution in [0, 0.1) is 11.7 Å². The lowest BCUT2D eigenvalue weighted by Gasteiger charge is -2.19. The number of aliphatic hydroxyl groups is 1. The van der Waals surface area contributed by atoms with Gasteiger partial charge in [-0.3, -0.25) is 9.52 Å². The molecule has 3 rings (SSSR count). The summed E-state index contributed by atoms with van der Waals surface area (Å²) < 4.78 is 40.9. The Labute approximate surface area is 171 Å². The fourth-order valence-electron chi connectivity index (χ4n) is 2.57. The third kappa shape index (κ3) is 4.89. The Morgan fingerprint density at radius 1 is 1.21 bits per heavy atom. The summed E-state index contributed by atoms with van der Waals surface area (Å²) in [5.41, 5.74) is 0.916. The summed E-state index contributed by atoms with van der Waals surface area (Å²) >= 11 is 1.08. The molecule has 1 amide bonds. The second-order valence-corrected chi connectivity index (χ2v) is 9.48. The summed E-state index contributed by atoms with van der Waals surface area (Å²) in [6.45, 7) is 3.63. The van der Waals surface area contributed by atoms with Crippen molar-refractivity contribution in [2.75, 3.05) is 11.3 Å². The maximum absolute atomic E-state index is 13.0. The van der Waals surface area contributed by atoms with E-state index >= 15 is 0 Å². The maximum Gasteiger partial charge on any atom is 0.263 e. The number of nitrogens with zero attached hydrogens (tertiary/aromatic N) is 1. The summed E-state index contributed by atoms with van der Waals surface area (Å²) in [5.74, 6) is -0.791. The van der Waals surface area contributed by atoms with Crippen molar-refractivity contribution in [3.05, 3.63) is 53.8 Å². The van der Waals surface area contributed by atoms with E-state index in [9.17, 15) is 22.7 Å². The topological polar surface area (TPSA) is 108 Å². The summed E-state index contributed by atoms with van der Waals surface area (Å²) in [6.07, 6.45) is 0. The molecule has 0 fully saturated rings. The molecule has 1 heterocycles. The van der Waals surface area contributed by atoms with Crippen LogP contribution in [-0.4, -0.2) is 37.1 Å². The molecule has 10 heteroatoms. The maximum atomic E-state index is 13.0. The van der Waals surface area contributed by atoms with Gasteiger partial charge in [0, 0.05) is 5.56 Å². The molecule has 0 radical (unpaired) electrons. The van der Waals surface area contributed by atoms with E-state index in [1.165, 1.54) is 12.1 Å². The molecule has 3 aromatic rings. The lowest BCUT2D eigenvalue weighted by atomic mass is 10.0. The Bertz CT molecular complexity index is 1130. The monoisotopic (exact) mass is 437 g/mol. The van der Waals surface area contributed by atoms with Gasteiger partial charge in [-0.1, -0.05) is 25.2 Å². The van der Waals surface area contributed by atoms with E-state index in [2.05, 4.69) is 15.0 Å². The highest BCUT2D eigenvalue weighted by atomic mass is 32.2. The van der Waals surface area contributed by atoms with Crippen molar-refractivity contribution in [3.63, 3.8) is 0 Å². The van der Waals surface area contributed by atoms with Crippen LogP contribution in [0.3, 0.4) is 0 Å². The zero-order valence-electron chi connectivity index (χ0n) is 15.7. The van der Waals surface area contributed by atoms with Crippen molar-refractivity contribution in [2.45, 2.75) is 24.8 Å². The highest BCUT2D eigenvalue weighted by Crippen LogP contribution is 2.28. The van der Waals surface area contributed by atoms with Crippen LogP contribution in [0.1, 0.15) is 24.2 Å². The van der Waals surface area contributed by atoms with E-state index in [0.29, 0.717) is 15.8 Å². The molecule has 29 heavy (non-hydrogen) atoms. The molecule has 1 atom stereocenters. The molecule has 0 bridgehead atoms. The summed E-state index contributed by atoms with van der Waals surface area (Å²) in [4.78, 5) is 16.6. The number of benzene rings is 2. The molecular weight excluding hydrogens is 417 g/mol.